The smallest absolute Gasteiger partial charge is 0.264 e. The van der Waals surface area contributed by atoms with Crippen LogP contribution in [0.1, 0.15) is 26.0 Å². The fourth-order valence-electron chi connectivity index (χ4n) is 2.49. The van der Waals surface area contributed by atoms with Crippen LogP contribution in [-0.2, 0) is 4.74 Å². The summed E-state index contributed by atoms with van der Waals surface area (Å²) in [6.45, 7) is 1.65. The van der Waals surface area contributed by atoms with Gasteiger partial charge in [0.25, 0.3) is 5.56 Å². The van der Waals surface area contributed by atoms with Crippen LogP contribution in [0.2, 0.25) is 5.28 Å². The molecular formula is C12H13ClFN3O3. The van der Waals surface area contributed by atoms with E-state index < -0.39 is 23.2 Å². The summed E-state index contributed by atoms with van der Waals surface area (Å²) in [5.74, 6) is -0.674. The Bertz CT molecular complexity index is 729. The zero-order valence-corrected chi connectivity index (χ0v) is 11.4. The van der Waals surface area contributed by atoms with Crippen molar-refractivity contribution in [2.75, 3.05) is 6.61 Å². The van der Waals surface area contributed by atoms with Crippen molar-refractivity contribution < 1.29 is 14.2 Å². The van der Waals surface area contributed by atoms with E-state index in [1.807, 2.05) is 0 Å². The largest absolute Gasteiger partial charge is 0.393 e. The first-order valence-corrected chi connectivity index (χ1v) is 6.56. The van der Waals surface area contributed by atoms with Crippen molar-refractivity contribution in [3.05, 3.63) is 27.7 Å². The third-order valence-corrected chi connectivity index (χ3v) is 3.77. The Morgan fingerprint density at radius 1 is 1.75 bits per heavy atom. The minimum atomic E-state index is -0.674. The molecule has 2 aromatic heterocycles. The number of fused-ring (bicyclic) bond motifs is 1. The summed E-state index contributed by atoms with van der Waals surface area (Å²) in [6, 6.07) is 0. The highest BCUT2D eigenvalue weighted by atomic mass is 35.5. The average Bonchev–Trinajstić information content (AvgIpc) is 2.92. The summed E-state index contributed by atoms with van der Waals surface area (Å²) in [4.78, 5) is 17.9. The van der Waals surface area contributed by atoms with E-state index in [0.717, 1.165) is 0 Å². The van der Waals surface area contributed by atoms with E-state index in [1.165, 1.54) is 10.8 Å². The summed E-state index contributed by atoms with van der Waals surface area (Å²) in [5.41, 5.74) is -1.15. The molecular weight excluding hydrogens is 289 g/mol. The van der Waals surface area contributed by atoms with Crippen LogP contribution >= 0.6 is 11.6 Å². The standard InChI is InChI=1S/C12H13ClFN3O3/c1-12(5-18)3-2-7(20-12)17-4-6(14)8-9(17)15-11(13)16-10(8)19/h4,7,18H,2-3,5H2,1H3,(H,15,16,19)/t7-,12+/m1/s1. The van der Waals surface area contributed by atoms with E-state index in [9.17, 15) is 14.3 Å². The van der Waals surface area contributed by atoms with Crippen LogP contribution in [0.15, 0.2) is 11.0 Å². The van der Waals surface area contributed by atoms with E-state index in [4.69, 9.17) is 16.3 Å². The summed E-state index contributed by atoms with van der Waals surface area (Å²) >= 11 is 5.71. The molecule has 108 valence electrons. The molecule has 0 aliphatic carbocycles. The third kappa shape index (κ3) is 2.02. The first-order valence-electron chi connectivity index (χ1n) is 6.18. The number of ether oxygens (including phenoxy) is 1. The first kappa shape index (κ1) is 13.5. The topological polar surface area (TPSA) is 80.1 Å². The van der Waals surface area contributed by atoms with Gasteiger partial charge in [-0.25, -0.2) is 9.37 Å². The van der Waals surface area contributed by atoms with Crippen LogP contribution in [0, 0.1) is 5.82 Å². The fraction of sp³-hybridized carbons (Fsp3) is 0.500. The number of hydrogen-bond acceptors (Lipinski definition) is 4. The van der Waals surface area contributed by atoms with Crippen LogP contribution in [0.4, 0.5) is 4.39 Å². The highest BCUT2D eigenvalue weighted by Crippen LogP contribution is 2.37. The molecule has 3 rings (SSSR count). The molecule has 3 heterocycles. The summed E-state index contributed by atoms with van der Waals surface area (Å²) < 4.78 is 21.1. The molecule has 0 saturated carbocycles. The van der Waals surface area contributed by atoms with E-state index in [0.29, 0.717) is 12.8 Å². The monoisotopic (exact) mass is 301 g/mol. The summed E-state index contributed by atoms with van der Waals surface area (Å²) in [5, 5.41) is 9.05. The molecule has 1 aliphatic rings. The lowest BCUT2D eigenvalue weighted by Crippen LogP contribution is -2.28. The lowest BCUT2D eigenvalue weighted by atomic mass is 10.0. The van der Waals surface area contributed by atoms with Crippen molar-refractivity contribution >= 4 is 22.6 Å². The number of aromatic amines is 1. The maximum absolute atomic E-state index is 13.9. The highest BCUT2D eigenvalue weighted by molar-refractivity contribution is 6.28. The molecule has 0 amide bonds. The van der Waals surface area contributed by atoms with E-state index in [1.54, 1.807) is 6.92 Å². The van der Waals surface area contributed by atoms with Crippen LogP contribution in [0.25, 0.3) is 11.0 Å². The minimum Gasteiger partial charge on any atom is -0.393 e. The van der Waals surface area contributed by atoms with Crippen molar-refractivity contribution in [3.8, 4) is 0 Å². The molecule has 0 bridgehead atoms. The first-order chi connectivity index (χ1) is 9.43. The molecule has 2 N–H and O–H groups in total. The number of aliphatic hydroxyl groups excluding tert-OH is 1. The molecule has 2 atom stereocenters. The van der Waals surface area contributed by atoms with Gasteiger partial charge in [0, 0.05) is 6.20 Å². The highest BCUT2D eigenvalue weighted by Gasteiger charge is 2.37. The number of H-pyrrole nitrogens is 1. The average molecular weight is 302 g/mol. The molecule has 0 spiro atoms. The third-order valence-electron chi connectivity index (χ3n) is 3.59. The van der Waals surface area contributed by atoms with Crippen molar-refractivity contribution in [2.24, 2.45) is 0 Å². The van der Waals surface area contributed by atoms with Crippen LogP contribution < -0.4 is 5.56 Å². The fourth-order valence-corrected chi connectivity index (χ4v) is 2.66. The van der Waals surface area contributed by atoms with Gasteiger partial charge in [-0.2, -0.15) is 0 Å². The van der Waals surface area contributed by atoms with Gasteiger partial charge in [0.15, 0.2) is 11.5 Å². The van der Waals surface area contributed by atoms with Gasteiger partial charge in [0.05, 0.1) is 12.2 Å². The number of aromatic nitrogens is 3. The van der Waals surface area contributed by atoms with Crippen LogP contribution in [-0.4, -0.2) is 31.8 Å². The Labute approximate surface area is 118 Å². The van der Waals surface area contributed by atoms with Gasteiger partial charge >= 0.3 is 0 Å². The number of aliphatic hydroxyl groups is 1. The molecule has 1 fully saturated rings. The second-order valence-corrected chi connectivity index (χ2v) is 5.52. The molecule has 1 aliphatic heterocycles. The predicted molar refractivity (Wildman–Crippen MR) is 70.2 cm³/mol. The molecule has 0 unspecified atom stereocenters. The Morgan fingerprint density at radius 2 is 2.50 bits per heavy atom. The second kappa shape index (κ2) is 4.54. The molecule has 0 aromatic carbocycles. The lowest BCUT2D eigenvalue weighted by molar-refractivity contribution is -0.0853. The molecule has 0 radical (unpaired) electrons. The quantitative estimate of drug-likeness (QED) is 0.825. The maximum Gasteiger partial charge on any atom is 0.264 e. The Balaban J connectivity index is 2.12. The van der Waals surface area contributed by atoms with Crippen molar-refractivity contribution in [1.29, 1.82) is 0 Å². The van der Waals surface area contributed by atoms with E-state index >= 15 is 0 Å². The number of nitrogens with one attached hydrogen (secondary N) is 1. The van der Waals surface area contributed by atoms with Gasteiger partial charge in [-0.1, -0.05) is 0 Å². The van der Waals surface area contributed by atoms with Crippen molar-refractivity contribution in [1.82, 2.24) is 14.5 Å². The number of halogens is 2. The normalized spacial score (nSPS) is 26.5. The zero-order chi connectivity index (χ0) is 14.5. The van der Waals surface area contributed by atoms with Crippen LogP contribution in [0.3, 0.4) is 0 Å². The molecule has 20 heavy (non-hydrogen) atoms. The number of nitrogens with zero attached hydrogens (tertiary/aromatic N) is 2. The second-order valence-electron chi connectivity index (χ2n) is 5.16. The number of hydrogen-bond donors (Lipinski definition) is 2. The van der Waals surface area contributed by atoms with Gasteiger partial charge in [0.2, 0.25) is 5.28 Å². The van der Waals surface area contributed by atoms with E-state index in [-0.39, 0.29) is 22.9 Å². The van der Waals surface area contributed by atoms with Gasteiger partial charge in [0.1, 0.15) is 11.6 Å². The molecule has 6 nitrogen and oxygen atoms in total. The summed E-state index contributed by atoms with van der Waals surface area (Å²) in [6.07, 6.45) is 1.92. The predicted octanol–water partition coefficient (Wildman–Crippen LogP) is 1.58. The van der Waals surface area contributed by atoms with Crippen molar-refractivity contribution in [2.45, 2.75) is 31.6 Å². The van der Waals surface area contributed by atoms with Crippen LogP contribution in [0.5, 0.6) is 0 Å². The molecule has 1 saturated heterocycles. The Morgan fingerprint density at radius 3 is 3.15 bits per heavy atom. The Kier molecular flexibility index (Phi) is 3.07. The number of rotatable bonds is 2. The SMILES string of the molecule is C[C@@]1(CO)CC[C@H](n2cc(F)c3c(=O)[nH]c(Cl)nc32)O1. The Hall–Kier alpha value is -1.44. The molecule has 2 aromatic rings. The molecule has 8 heteroatoms. The minimum absolute atomic E-state index is 0.107. The lowest BCUT2D eigenvalue weighted by Gasteiger charge is -2.22. The van der Waals surface area contributed by atoms with Gasteiger partial charge in [-0.15, -0.1) is 0 Å². The van der Waals surface area contributed by atoms with Gasteiger partial charge in [-0.3, -0.25) is 9.78 Å². The zero-order valence-electron chi connectivity index (χ0n) is 10.7. The van der Waals surface area contributed by atoms with Crippen molar-refractivity contribution in [3.63, 3.8) is 0 Å². The maximum atomic E-state index is 13.9. The van der Waals surface area contributed by atoms with Gasteiger partial charge < -0.3 is 14.4 Å². The summed E-state index contributed by atoms with van der Waals surface area (Å²) in [7, 11) is 0. The van der Waals surface area contributed by atoms with Gasteiger partial charge in [-0.05, 0) is 31.4 Å². The van der Waals surface area contributed by atoms with E-state index in [2.05, 4.69) is 9.97 Å².